The summed E-state index contributed by atoms with van der Waals surface area (Å²) in [6.45, 7) is 13.0. The predicted octanol–water partition coefficient (Wildman–Crippen LogP) is 9.24. The summed E-state index contributed by atoms with van der Waals surface area (Å²) in [5, 5.41) is 8.47. The maximum absolute atomic E-state index is 14.1. The van der Waals surface area contributed by atoms with E-state index in [1.54, 1.807) is 83.1 Å². The third-order valence-corrected chi connectivity index (χ3v) is 10.7. The first kappa shape index (κ1) is 46.3. The molecular formula is C52H56N8O6. The number of aromatic nitrogens is 4. The maximum atomic E-state index is 14.1. The minimum atomic E-state index is -0.972. The number of aromatic amines is 2. The highest BCUT2D eigenvalue weighted by Crippen LogP contribution is 2.34. The molecule has 1 aliphatic heterocycles. The second-order valence-electron chi connectivity index (χ2n) is 18.2. The first-order valence-corrected chi connectivity index (χ1v) is 22.0. The van der Waals surface area contributed by atoms with Gasteiger partial charge in [0.1, 0.15) is 34.9 Å². The molecule has 6 aromatic rings. The molecule has 0 saturated carbocycles. The molecule has 0 unspecified atom stereocenters. The molecule has 14 heteroatoms. The Balaban J connectivity index is 0.961. The van der Waals surface area contributed by atoms with Gasteiger partial charge in [-0.2, -0.15) is 0 Å². The zero-order valence-electron chi connectivity index (χ0n) is 38.3. The molecular weight excluding hydrogens is 833 g/mol. The van der Waals surface area contributed by atoms with E-state index in [2.05, 4.69) is 42.7 Å². The van der Waals surface area contributed by atoms with E-state index in [1.165, 1.54) is 0 Å². The first-order chi connectivity index (χ1) is 31.5. The number of nitrogens with zero attached hydrogens (tertiary/aromatic N) is 3. The van der Waals surface area contributed by atoms with E-state index in [1.807, 2.05) is 91.9 Å². The Morgan fingerprint density at radius 3 is 1.67 bits per heavy atom. The van der Waals surface area contributed by atoms with Crippen molar-refractivity contribution < 1.29 is 28.7 Å². The second kappa shape index (κ2) is 20.0. The summed E-state index contributed by atoms with van der Waals surface area (Å²) in [4.78, 5) is 70.9. The van der Waals surface area contributed by atoms with Crippen molar-refractivity contribution in [2.75, 3.05) is 6.54 Å². The van der Waals surface area contributed by atoms with Gasteiger partial charge in [-0.3, -0.25) is 9.59 Å². The van der Waals surface area contributed by atoms with Gasteiger partial charge >= 0.3 is 12.2 Å². The van der Waals surface area contributed by atoms with Crippen molar-refractivity contribution in [3.8, 4) is 34.4 Å². The van der Waals surface area contributed by atoms with Crippen molar-refractivity contribution in [3.05, 3.63) is 155 Å². The second-order valence-corrected chi connectivity index (χ2v) is 18.2. The number of ether oxygens (including phenoxy) is 2. The minimum Gasteiger partial charge on any atom is -0.444 e. The molecule has 4 aromatic carbocycles. The molecule has 66 heavy (non-hydrogen) atoms. The summed E-state index contributed by atoms with van der Waals surface area (Å²) in [5.74, 6) is 7.09. The van der Waals surface area contributed by atoms with Gasteiger partial charge in [0.05, 0.1) is 35.9 Å². The Morgan fingerprint density at radius 1 is 0.652 bits per heavy atom. The third kappa shape index (κ3) is 12.1. The molecule has 1 aliphatic rings. The number of imidazole rings is 2. The van der Waals surface area contributed by atoms with Crippen LogP contribution in [0, 0.1) is 11.8 Å². The number of amides is 4. The lowest BCUT2D eigenvalue weighted by molar-refractivity contribution is -0.134. The van der Waals surface area contributed by atoms with E-state index in [0.717, 1.165) is 46.5 Å². The van der Waals surface area contributed by atoms with Gasteiger partial charge in [0.2, 0.25) is 5.91 Å². The molecule has 0 bridgehead atoms. The fraction of sp³-hybridized carbons (Fsp3) is 0.308. The first-order valence-electron chi connectivity index (χ1n) is 22.0. The molecule has 1 saturated heterocycles. The number of likely N-dealkylation sites (tertiary alicyclic amines) is 1. The van der Waals surface area contributed by atoms with Gasteiger partial charge in [-0.15, -0.1) is 0 Å². The van der Waals surface area contributed by atoms with Crippen LogP contribution in [0.4, 0.5) is 9.59 Å². The van der Waals surface area contributed by atoms with Crippen LogP contribution in [0.15, 0.2) is 122 Å². The minimum absolute atomic E-state index is 0.223. The Bertz CT molecular complexity index is 2690. The highest BCUT2D eigenvalue weighted by atomic mass is 16.6. The summed E-state index contributed by atoms with van der Waals surface area (Å²) >= 11 is 0. The number of carbonyl (C=O) groups excluding carboxylic acids is 4. The predicted molar refractivity (Wildman–Crippen MR) is 251 cm³/mol. The van der Waals surface area contributed by atoms with Gasteiger partial charge in [0.25, 0.3) is 5.91 Å². The number of carbonyl (C=O) groups is 4. The van der Waals surface area contributed by atoms with Crippen LogP contribution in [0.5, 0.6) is 0 Å². The molecule has 7 rings (SSSR count). The van der Waals surface area contributed by atoms with E-state index >= 15 is 0 Å². The number of hydrogen-bond donors (Lipinski definition) is 5. The monoisotopic (exact) mass is 888 g/mol. The van der Waals surface area contributed by atoms with Crippen molar-refractivity contribution >= 4 is 24.0 Å². The van der Waals surface area contributed by atoms with Crippen molar-refractivity contribution in [2.24, 2.45) is 0 Å². The smallest absolute Gasteiger partial charge is 0.408 e. The number of alkyl carbamates (subject to hydrolysis) is 2. The third-order valence-electron chi connectivity index (χ3n) is 10.7. The molecule has 340 valence electrons. The lowest BCUT2D eigenvalue weighted by atomic mass is 10.0. The van der Waals surface area contributed by atoms with E-state index in [9.17, 15) is 19.2 Å². The normalized spacial score (nSPS) is 15.1. The summed E-state index contributed by atoms with van der Waals surface area (Å²) in [6, 6.07) is 31.2. The van der Waals surface area contributed by atoms with Gasteiger partial charge in [0.15, 0.2) is 0 Å². The van der Waals surface area contributed by atoms with Crippen LogP contribution in [0.25, 0.3) is 22.5 Å². The number of H-pyrrole nitrogens is 2. The molecule has 0 aliphatic carbocycles. The van der Waals surface area contributed by atoms with E-state index in [0.29, 0.717) is 29.3 Å². The summed E-state index contributed by atoms with van der Waals surface area (Å²) < 4.78 is 10.9. The lowest BCUT2D eigenvalue weighted by Crippen LogP contribution is -2.44. The zero-order chi connectivity index (χ0) is 47.0. The average Bonchev–Trinajstić information content (AvgIpc) is 4.09. The van der Waals surface area contributed by atoms with Crippen LogP contribution < -0.4 is 16.0 Å². The molecule has 5 N–H and O–H groups in total. The fourth-order valence-corrected chi connectivity index (χ4v) is 7.54. The van der Waals surface area contributed by atoms with Crippen LogP contribution in [0.3, 0.4) is 0 Å². The fourth-order valence-electron chi connectivity index (χ4n) is 7.54. The largest absolute Gasteiger partial charge is 0.444 e. The lowest BCUT2D eigenvalue weighted by Gasteiger charge is -2.29. The average molecular weight is 889 g/mol. The Hall–Kier alpha value is -7.66. The van der Waals surface area contributed by atoms with Gasteiger partial charge in [-0.1, -0.05) is 96.8 Å². The number of rotatable bonds is 11. The molecule has 4 amide bonds. The SMILES string of the molecule is C[C@H](NC(=O)[C@H](NC(=O)OC(C)(C)C)c1ccccc1)c1ncc(-c2ccc(C#Cc3ccc(-c4cnc([C@@H]5CCCN5C(=O)[C@H](NC(=O)OC(C)(C)C)c5ccccc5)[nH]4)cc3)cc2)[nH]1. The molecule has 14 nitrogen and oxygen atoms in total. The molecule has 4 atom stereocenters. The highest BCUT2D eigenvalue weighted by Gasteiger charge is 2.37. The zero-order valence-corrected chi connectivity index (χ0v) is 38.3. The molecule has 3 heterocycles. The molecule has 0 radical (unpaired) electrons. The van der Waals surface area contributed by atoms with Gasteiger partial charge in [-0.05, 0) is 108 Å². The standard InChI is InChI=1S/C52H56N8O6/c1-33(55-47(61)43(38-15-10-8-11-16-38)58-49(63)65-51(2,3)4)45-53-31-40(56-45)36-26-22-34(23-27-36)20-21-35-24-28-37(29-25-35)41-32-54-46(57-41)42-19-14-30-60(42)48(62)44(39-17-12-9-13-18-39)59-50(64)66-52(5,6)7/h8-13,15-18,22-29,31-33,42-44H,14,19,30H2,1-7H3,(H,53,56)(H,54,57)(H,55,61)(H,58,63)(H,59,64)/t33-,42-,43+,44+/m0/s1. The maximum Gasteiger partial charge on any atom is 0.408 e. The molecule has 1 fully saturated rings. The number of hydrogen-bond acceptors (Lipinski definition) is 8. The van der Waals surface area contributed by atoms with Crippen LogP contribution in [0.2, 0.25) is 0 Å². The summed E-state index contributed by atoms with van der Waals surface area (Å²) in [5.41, 5.74) is 4.93. The molecule has 2 aromatic heterocycles. The Labute approximate surface area is 385 Å². The Kier molecular flexibility index (Phi) is 14.1. The quantitative estimate of drug-likeness (QED) is 0.0798. The van der Waals surface area contributed by atoms with Gasteiger partial charge < -0.3 is 40.3 Å². The van der Waals surface area contributed by atoms with Gasteiger partial charge in [0, 0.05) is 17.7 Å². The van der Waals surface area contributed by atoms with E-state index < -0.39 is 47.4 Å². The van der Waals surface area contributed by atoms with Crippen LogP contribution in [-0.2, 0) is 19.1 Å². The topological polar surface area (TPSA) is 183 Å². The van der Waals surface area contributed by atoms with Crippen molar-refractivity contribution in [1.29, 1.82) is 0 Å². The van der Waals surface area contributed by atoms with Crippen LogP contribution in [-0.4, -0.2) is 66.6 Å². The van der Waals surface area contributed by atoms with E-state index in [4.69, 9.17) is 14.5 Å². The van der Waals surface area contributed by atoms with Gasteiger partial charge in [-0.25, -0.2) is 19.6 Å². The van der Waals surface area contributed by atoms with E-state index in [-0.39, 0.29) is 11.9 Å². The number of nitrogens with one attached hydrogen (secondary N) is 5. The van der Waals surface area contributed by atoms with Crippen LogP contribution >= 0.6 is 0 Å². The summed E-state index contributed by atoms with van der Waals surface area (Å²) in [7, 11) is 0. The van der Waals surface area contributed by atoms with Crippen LogP contribution in [0.1, 0.15) is 119 Å². The molecule has 0 spiro atoms. The van der Waals surface area contributed by atoms with Crippen molar-refractivity contribution in [3.63, 3.8) is 0 Å². The number of benzene rings is 4. The Morgan fingerprint density at radius 2 is 1.14 bits per heavy atom. The van der Waals surface area contributed by atoms with Crippen molar-refractivity contribution in [1.82, 2.24) is 40.8 Å². The summed E-state index contributed by atoms with van der Waals surface area (Å²) in [6.07, 6.45) is 3.68. The van der Waals surface area contributed by atoms with Crippen molar-refractivity contribution in [2.45, 2.75) is 96.7 Å². The highest BCUT2D eigenvalue weighted by molar-refractivity contribution is 5.88.